The molecule has 2 aromatic carbocycles. The highest BCUT2D eigenvalue weighted by atomic mass is 32.2. The van der Waals surface area contributed by atoms with E-state index in [-0.39, 0.29) is 17.4 Å². The third-order valence-corrected chi connectivity index (χ3v) is 4.72. The van der Waals surface area contributed by atoms with Gasteiger partial charge in [-0.1, -0.05) is 29.5 Å². The minimum absolute atomic E-state index is 0.0603. The summed E-state index contributed by atoms with van der Waals surface area (Å²) in [4.78, 5) is 12.2. The molecule has 0 radical (unpaired) electrons. The lowest BCUT2D eigenvalue weighted by Crippen LogP contribution is -2.17. The number of hydrogen-bond donors (Lipinski definition) is 1. The van der Waals surface area contributed by atoms with Crippen molar-refractivity contribution in [2.45, 2.75) is 25.4 Å². The van der Waals surface area contributed by atoms with Gasteiger partial charge in [0.15, 0.2) is 5.16 Å². The summed E-state index contributed by atoms with van der Waals surface area (Å²) in [7, 11) is 0. The maximum Gasteiger partial charge on any atom is 0.573 e. The first-order valence-electron chi connectivity index (χ1n) is 8.49. The first kappa shape index (κ1) is 20.7. The lowest BCUT2D eigenvalue weighted by atomic mass is 10.2. The monoisotopic (exact) mass is 422 g/mol. The number of carbonyl (C=O) groups excluding carboxylic acids is 1. The van der Waals surface area contributed by atoms with E-state index in [4.69, 9.17) is 0 Å². The average Bonchev–Trinajstić information content (AvgIpc) is 3.02. The van der Waals surface area contributed by atoms with Gasteiger partial charge in [-0.15, -0.1) is 23.4 Å². The number of amides is 1. The molecule has 1 aromatic heterocycles. The van der Waals surface area contributed by atoms with Crippen LogP contribution in [0.2, 0.25) is 0 Å². The van der Waals surface area contributed by atoms with Gasteiger partial charge in [-0.3, -0.25) is 9.36 Å². The van der Waals surface area contributed by atoms with E-state index in [0.717, 1.165) is 23.4 Å². The predicted molar refractivity (Wildman–Crippen MR) is 103 cm³/mol. The van der Waals surface area contributed by atoms with Gasteiger partial charge in [-0.25, -0.2) is 0 Å². The molecule has 0 spiro atoms. The van der Waals surface area contributed by atoms with E-state index in [1.807, 2.05) is 42.7 Å². The van der Waals surface area contributed by atoms with Gasteiger partial charge in [-0.2, -0.15) is 0 Å². The van der Waals surface area contributed by atoms with E-state index in [1.165, 1.54) is 23.9 Å². The van der Waals surface area contributed by atoms with Crippen molar-refractivity contribution in [3.8, 4) is 11.4 Å². The fourth-order valence-corrected chi connectivity index (χ4v) is 3.29. The molecular formula is C19H17F3N4O2S. The van der Waals surface area contributed by atoms with Crippen molar-refractivity contribution >= 4 is 23.4 Å². The number of carbonyl (C=O) groups is 1. The Hall–Kier alpha value is -3.01. The summed E-state index contributed by atoms with van der Waals surface area (Å²) in [6, 6.07) is 12.8. The zero-order valence-electron chi connectivity index (χ0n) is 15.5. The fraction of sp³-hybridized carbons (Fsp3) is 0.211. The number of ether oxygens (including phenoxy) is 1. The molecule has 0 bridgehead atoms. The maximum absolute atomic E-state index is 12.2. The van der Waals surface area contributed by atoms with Crippen LogP contribution in [-0.4, -0.2) is 32.8 Å². The smallest absolute Gasteiger partial charge is 0.406 e. The maximum atomic E-state index is 12.2. The molecule has 10 heteroatoms. The summed E-state index contributed by atoms with van der Waals surface area (Å²) in [6.45, 7) is 3.81. The van der Waals surface area contributed by atoms with Gasteiger partial charge >= 0.3 is 6.36 Å². The molecule has 1 heterocycles. The Bertz CT molecular complexity index is 986. The molecule has 3 aromatic rings. The molecule has 0 atom stereocenters. The van der Waals surface area contributed by atoms with Crippen LogP contribution in [0.1, 0.15) is 11.4 Å². The van der Waals surface area contributed by atoms with Gasteiger partial charge in [0.25, 0.3) is 0 Å². The molecule has 1 amide bonds. The zero-order chi connectivity index (χ0) is 21.0. The number of aryl methyl sites for hydroxylation is 2. The molecule has 6 nitrogen and oxygen atoms in total. The minimum Gasteiger partial charge on any atom is -0.406 e. The number of anilines is 1. The molecular weight excluding hydrogens is 405 g/mol. The SMILES string of the molecule is Cc1ccc(-n2c(C)nnc2SCC(=O)Nc2ccc(OC(F)(F)F)cc2)cc1. The molecule has 0 aliphatic rings. The van der Waals surface area contributed by atoms with Crippen LogP contribution in [0.5, 0.6) is 5.75 Å². The third kappa shape index (κ3) is 5.74. The van der Waals surface area contributed by atoms with Crippen molar-refractivity contribution in [2.75, 3.05) is 11.1 Å². The number of hydrogen-bond acceptors (Lipinski definition) is 5. The van der Waals surface area contributed by atoms with Gasteiger partial charge in [0.1, 0.15) is 11.6 Å². The third-order valence-electron chi connectivity index (χ3n) is 3.79. The second kappa shape index (κ2) is 8.56. The summed E-state index contributed by atoms with van der Waals surface area (Å²) >= 11 is 1.21. The van der Waals surface area contributed by atoms with Crippen LogP contribution in [0.25, 0.3) is 5.69 Å². The van der Waals surface area contributed by atoms with Gasteiger partial charge in [0.2, 0.25) is 5.91 Å². The number of aromatic nitrogens is 3. The summed E-state index contributed by atoms with van der Waals surface area (Å²) in [5.74, 6) is 0.0734. The summed E-state index contributed by atoms with van der Waals surface area (Å²) < 4.78 is 42.2. The van der Waals surface area contributed by atoms with Crippen LogP contribution < -0.4 is 10.1 Å². The number of halogens is 3. The van der Waals surface area contributed by atoms with Crippen LogP contribution in [0, 0.1) is 13.8 Å². The Balaban J connectivity index is 1.61. The molecule has 0 saturated heterocycles. The van der Waals surface area contributed by atoms with Crippen LogP contribution in [0.3, 0.4) is 0 Å². The lowest BCUT2D eigenvalue weighted by Gasteiger charge is -2.10. The second-order valence-electron chi connectivity index (χ2n) is 6.11. The van der Waals surface area contributed by atoms with Crippen molar-refractivity contribution in [3.05, 3.63) is 59.9 Å². The normalized spacial score (nSPS) is 11.3. The molecule has 152 valence electrons. The number of thioether (sulfide) groups is 1. The van der Waals surface area contributed by atoms with Crippen molar-refractivity contribution in [2.24, 2.45) is 0 Å². The van der Waals surface area contributed by atoms with E-state index < -0.39 is 6.36 Å². The molecule has 3 rings (SSSR count). The number of nitrogens with zero attached hydrogens (tertiary/aromatic N) is 3. The number of benzene rings is 2. The Morgan fingerprint density at radius 2 is 1.72 bits per heavy atom. The van der Waals surface area contributed by atoms with Crippen LogP contribution >= 0.6 is 11.8 Å². The Morgan fingerprint density at radius 3 is 2.34 bits per heavy atom. The molecule has 0 unspecified atom stereocenters. The van der Waals surface area contributed by atoms with E-state index in [1.54, 1.807) is 0 Å². The lowest BCUT2D eigenvalue weighted by molar-refractivity contribution is -0.274. The molecule has 0 aliphatic carbocycles. The highest BCUT2D eigenvalue weighted by molar-refractivity contribution is 7.99. The summed E-state index contributed by atoms with van der Waals surface area (Å²) in [5, 5.41) is 11.4. The van der Waals surface area contributed by atoms with Crippen molar-refractivity contribution in [1.29, 1.82) is 0 Å². The fourth-order valence-electron chi connectivity index (χ4n) is 2.49. The topological polar surface area (TPSA) is 69.0 Å². The van der Waals surface area contributed by atoms with E-state index >= 15 is 0 Å². The van der Waals surface area contributed by atoms with Crippen molar-refractivity contribution in [3.63, 3.8) is 0 Å². The summed E-state index contributed by atoms with van der Waals surface area (Å²) in [6.07, 6.45) is -4.76. The first-order valence-corrected chi connectivity index (χ1v) is 9.47. The summed E-state index contributed by atoms with van der Waals surface area (Å²) in [5.41, 5.74) is 2.38. The van der Waals surface area contributed by atoms with Gasteiger partial charge in [0, 0.05) is 11.4 Å². The number of alkyl halides is 3. The van der Waals surface area contributed by atoms with Crippen molar-refractivity contribution in [1.82, 2.24) is 14.8 Å². The zero-order valence-corrected chi connectivity index (χ0v) is 16.3. The Labute approximate surface area is 169 Å². The molecule has 0 aliphatic heterocycles. The van der Waals surface area contributed by atoms with Gasteiger partial charge in [0.05, 0.1) is 5.75 Å². The molecule has 1 N–H and O–H groups in total. The average molecular weight is 422 g/mol. The van der Waals surface area contributed by atoms with Crippen LogP contribution in [0.4, 0.5) is 18.9 Å². The van der Waals surface area contributed by atoms with Gasteiger partial charge in [-0.05, 0) is 50.2 Å². The second-order valence-corrected chi connectivity index (χ2v) is 7.05. The highest BCUT2D eigenvalue weighted by Gasteiger charge is 2.30. The highest BCUT2D eigenvalue weighted by Crippen LogP contribution is 2.25. The minimum atomic E-state index is -4.76. The van der Waals surface area contributed by atoms with E-state index in [0.29, 0.717) is 16.7 Å². The van der Waals surface area contributed by atoms with E-state index in [2.05, 4.69) is 20.3 Å². The first-order chi connectivity index (χ1) is 13.7. The van der Waals surface area contributed by atoms with Crippen LogP contribution in [0.15, 0.2) is 53.7 Å². The number of nitrogens with one attached hydrogen (secondary N) is 1. The number of rotatable bonds is 6. The Kier molecular flexibility index (Phi) is 6.12. The van der Waals surface area contributed by atoms with Crippen molar-refractivity contribution < 1.29 is 22.7 Å². The predicted octanol–water partition coefficient (Wildman–Crippen LogP) is 4.51. The Morgan fingerprint density at radius 1 is 1.07 bits per heavy atom. The van der Waals surface area contributed by atoms with E-state index in [9.17, 15) is 18.0 Å². The molecule has 0 fully saturated rings. The largest absolute Gasteiger partial charge is 0.573 e. The molecule has 29 heavy (non-hydrogen) atoms. The standard InChI is InChI=1S/C19H17F3N4O2S/c1-12-3-7-15(8-4-12)26-13(2)24-25-18(26)29-11-17(27)23-14-5-9-16(10-6-14)28-19(20,21)22/h3-10H,11H2,1-2H3,(H,23,27). The molecule has 0 saturated carbocycles. The van der Waals surface area contributed by atoms with Gasteiger partial charge < -0.3 is 10.1 Å². The van der Waals surface area contributed by atoms with Crippen LogP contribution in [-0.2, 0) is 4.79 Å². The quantitative estimate of drug-likeness (QED) is 0.592.